The number of hydrogen-bond donors (Lipinski definition) is 2. The number of hydrogen-bond acceptors (Lipinski definition) is 4. The van der Waals surface area contributed by atoms with Crippen LogP contribution >= 0.6 is 11.6 Å². The van der Waals surface area contributed by atoms with Gasteiger partial charge in [0.25, 0.3) is 0 Å². The number of fused-ring (bicyclic) bond motifs is 1. The maximum atomic E-state index is 14.1. The first-order chi connectivity index (χ1) is 14.0. The molecule has 0 amide bonds. The first kappa shape index (κ1) is 20.1. The number of halogens is 2. The topological polar surface area (TPSA) is 45.1 Å². The molecule has 3 aromatic rings. The molecule has 1 aromatic heterocycles. The van der Waals surface area contributed by atoms with Crippen LogP contribution in [-0.4, -0.2) is 42.8 Å². The summed E-state index contributed by atoms with van der Waals surface area (Å²) in [6.45, 7) is 8.62. The summed E-state index contributed by atoms with van der Waals surface area (Å²) in [7, 11) is 1.92. The molecule has 1 fully saturated rings. The Morgan fingerprint density at radius 3 is 2.48 bits per heavy atom. The summed E-state index contributed by atoms with van der Waals surface area (Å²) >= 11 is 6.46. The highest BCUT2D eigenvalue weighted by atomic mass is 35.5. The van der Waals surface area contributed by atoms with E-state index in [4.69, 9.17) is 16.6 Å². The molecule has 1 aliphatic heterocycles. The van der Waals surface area contributed by atoms with Crippen molar-refractivity contribution in [1.82, 2.24) is 20.2 Å². The minimum atomic E-state index is -0.133. The average molecular weight is 416 g/mol. The van der Waals surface area contributed by atoms with Crippen LogP contribution in [0.25, 0.3) is 11.0 Å². The molecular weight excluding hydrogens is 389 g/mol. The smallest absolute Gasteiger partial charge is 0.206 e. The van der Waals surface area contributed by atoms with E-state index in [0.717, 1.165) is 54.3 Å². The third kappa shape index (κ3) is 3.97. The molecule has 0 aliphatic carbocycles. The monoisotopic (exact) mass is 415 g/mol. The van der Waals surface area contributed by atoms with Crippen LogP contribution in [0.4, 0.5) is 10.3 Å². The lowest BCUT2D eigenvalue weighted by Crippen LogP contribution is -2.44. The molecule has 0 bridgehead atoms. The average Bonchev–Trinajstić information content (AvgIpc) is 3.05. The molecule has 0 radical (unpaired) electrons. The number of nitrogens with one attached hydrogen (secondary N) is 2. The van der Waals surface area contributed by atoms with Crippen LogP contribution in [0.3, 0.4) is 0 Å². The summed E-state index contributed by atoms with van der Waals surface area (Å²) in [5.74, 6) is 0.812. The minimum absolute atomic E-state index is 0.133. The number of nitrogens with zero attached hydrogens (tertiary/aromatic N) is 3. The van der Waals surface area contributed by atoms with Gasteiger partial charge in [-0.15, -0.1) is 0 Å². The summed E-state index contributed by atoms with van der Waals surface area (Å²) in [5, 5.41) is 7.30. The number of piperazine rings is 1. The molecule has 154 valence electrons. The van der Waals surface area contributed by atoms with Gasteiger partial charge in [0.15, 0.2) is 0 Å². The van der Waals surface area contributed by atoms with Crippen molar-refractivity contribution in [3.05, 3.63) is 57.4 Å². The molecule has 5 nitrogen and oxygen atoms in total. The van der Waals surface area contributed by atoms with Gasteiger partial charge in [-0.1, -0.05) is 23.7 Å². The molecule has 7 heteroatoms. The Kier molecular flexibility index (Phi) is 5.76. The molecule has 2 aromatic carbocycles. The SMILES string of the molecule is CNCc1cc(Cl)cc2c1nc(N1CCNCC1)n2Cc1cc(C)c(F)c(C)c1. The number of rotatable bonds is 5. The van der Waals surface area contributed by atoms with Crippen molar-refractivity contribution in [2.75, 3.05) is 38.1 Å². The number of benzene rings is 2. The van der Waals surface area contributed by atoms with Gasteiger partial charge in [-0.05, 0) is 55.3 Å². The quantitative estimate of drug-likeness (QED) is 0.668. The fourth-order valence-corrected chi connectivity index (χ4v) is 4.37. The maximum Gasteiger partial charge on any atom is 0.206 e. The Bertz CT molecular complexity index is 1020. The van der Waals surface area contributed by atoms with Crippen molar-refractivity contribution in [3.8, 4) is 0 Å². The number of anilines is 1. The van der Waals surface area contributed by atoms with E-state index in [-0.39, 0.29) is 5.82 Å². The summed E-state index contributed by atoms with van der Waals surface area (Å²) in [4.78, 5) is 7.36. The van der Waals surface area contributed by atoms with Crippen molar-refractivity contribution in [3.63, 3.8) is 0 Å². The van der Waals surface area contributed by atoms with Crippen LogP contribution in [0.5, 0.6) is 0 Å². The van der Waals surface area contributed by atoms with E-state index in [0.29, 0.717) is 29.2 Å². The first-order valence-corrected chi connectivity index (χ1v) is 10.4. The lowest BCUT2D eigenvalue weighted by molar-refractivity contribution is 0.571. The highest BCUT2D eigenvalue weighted by Crippen LogP contribution is 2.30. The number of aromatic nitrogens is 2. The largest absolute Gasteiger partial charge is 0.340 e. The van der Waals surface area contributed by atoms with E-state index >= 15 is 0 Å². The van der Waals surface area contributed by atoms with E-state index in [9.17, 15) is 4.39 Å². The molecule has 29 heavy (non-hydrogen) atoms. The summed E-state index contributed by atoms with van der Waals surface area (Å²) in [6.07, 6.45) is 0. The van der Waals surface area contributed by atoms with Crippen LogP contribution in [-0.2, 0) is 13.1 Å². The van der Waals surface area contributed by atoms with Gasteiger partial charge in [-0.2, -0.15) is 0 Å². The highest BCUT2D eigenvalue weighted by molar-refractivity contribution is 6.31. The zero-order valence-corrected chi connectivity index (χ0v) is 17.9. The second-order valence-corrected chi connectivity index (χ2v) is 8.18. The van der Waals surface area contributed by atoms with E-state index < -0.39 is 0 Å². The van der Waals surface area contributed by atoms with Gasteiger partial charge >= 0.3 is 0 Å². The lowest BCUT2D eigenvalue weighted by Gasteiger charge is -2.29. The summed E-state index contributed by atoms with van der Waals surface area (Å²) < 4.78 is 16.4. The normalized spacial score (nSPS) is 14.7. The van der Waals surface area contributed by atoms with Crippen molar-refractivity contribution >= 4 is 28.6 Å². The third-order valence-electron chi connectivity index (χ3n) is 5.48. The Hall–Kier alpha value is -2.15. The van der Waals surface area contributed by atoms with Crippen LogP contribution < -0.4 is 15.5 Å². The molecule has 1 aliphatic rings. The van der Waals surface area contributed by atoms with Crippen LogP contribution in [0.15, 0.2) is 24.3 Å². The standard InChI is InChI=1S/C22H27ClFN5/c1-14-8-16(9-15(2)20(14)24)13-29-19-11-18(23)10-17(12-25-3)21(19)27-22(29)28-6-4-26-5-7-28/h8-11,25-26H,4-7,12-13H2,1-3H3. The molecule has 4 rings (SSSR count). The molecule has 0 saturated carbocycles. The zero-order valence-electron chi connectivity index (χ0n) is 17.1. The molecule has 2 N–H and O–H groups in total. The first-order valence-electron chi connectivity index (χ1n) is 10.0. The van der Waals surface area contributed by atoms with Gasteiger partial charge in [-0.25, -0.2) is 9.37 Å². The van der Waals surface area contributed by atoms with Crippen LogP contribution in [0, 0.1) is 19.7 Å². The van der Waals surface area contributed by atoms with Gasteiger partial charge in [0, 0.05) is 37.7 Å². The number of aryl methyl sites for hydroxylation is 2. The van der Waals surface area contributed by atoms with E-state index in [1.165, 1.54) is 0 Å². The second-order valence-electron chi connectivity index (χ2n) is 7.74. The second kappa shape index (κ2) is 8.30. The van der Waals surface area contributed by atoms with Crippen molar-refractivity contribution in [1.29, 1.82) is 0 Å². The van der Waals surface area contributed by atoms with Crippen molar-refractivity contribution < 1.29 is 4.39 Å². The fourth-order valence-electron chi connectivity index (χ4n) is 4.14. The van der Waals surface area contributed by atoms with Gasteiger partial charge in [0.2, 0.25) is 5.95 Å². The van der Waals surface area contributed by atoms with E-state index in [1.807, 2.05) is 45.2 Å². The number of imidazole rings is 1. The summed E-state index contributed by atoms with van der Waals surface area (Å²) in [5.41, 5.74) is 5.46. The molecule has 0 atom stereocenters. The molecule has 1 saturated heterocycles. The van der Waals surface area contributed by atoms with Crippen LogP contribution in [0.1, 0.15) is 22.3 Å². The van der Waals surface area contributed by atoms with Gasteiger partial charge < -0.3 is 20.1 Å². The highest BCUT2D eigenvalue weighted by Gasteiger charge is 2.21. The van der Waals surface area contributed by atoms with Crippen molar-refractivity contribution in [2.45, 2.75) is 26.9 Å². The summed E-state index contributed by atoms with van der Waals surface area (Å²) in [6, 6.07) is 7.81. The molecule has 2 heterocycles. The third-order valence-corrected chi connectivity index (χ3v) is 5.70. The van der Waals surface area contributed by atoms with Crippen LogP contribution in [0.2, 0.25) is 5.02 Å². The fraction of sp³-hybridized carbons (Fsp3) is 0.409. The van der Waals surface area contributed by atoms with E-state index in [1.54, 1.807) is 0 Å². The molecular formula is C22H27ClFN5. The Labute approximate surface area is 175 Å². The van der Waals surface area contributed by atoms with Gasteiger partial charge in [0.1, 0.15) is 5.82 Å². The predicted molar refractivity (Wildman–Crippen MR) is 118 cm³/mol. The predicted octanol–water partition coefficient (Wildman–Crippen LogP) is 3.62. The maximum absolute atomic E-state index is 14.1. The van der Waals surface area contributed by atoms with Gasteiger partial charge in [0.05, 0.1) is 17.6 Å². The van der Waals surface area contributed by atoms with E-state index in [2.05, 4.69) is 20.1 Å². The zero-order chi connectivity index (χ0) is 20.5. The Morgan fingerprint density at radius 1 is 1.14 bits per heavy atom. The van der Waals surface area contributed by atoms with Crippen molar-refractivity contribution in [2.24, 2.45) is 0 Å². The Balaban J connectivity index is 1.87. The lowest BCUT2D eigenvalue weighted by atomic mass is 10.1. The van der Waals surface area contributed by atoms with Gasteiger partial charge in [-0.3, -0.25) is 0 Å². The molecule has 0 unspecified atom stereocenters. The molecule has 0 spiro atoms. The minimum Gasteiger partial charge on any atom is -0.340 e. The Morgan fingerprint density at radius 2 is 1.83 bits per heavy atom.